The van der Waals surface area contributed by atoms with E-state index in [2.05, 4.69) is 5.32 Å². The predicted octanol–water partition coefficient (Wildman–Crippen LogP) is 0.192. The second kappa shape index (κ2) is 6.70. The highest BCUT2D eigenvalue weighted by atomic mass is 19.4. The summed E-state index contributed by atoms with van der Waals surface area (Å²) < 4.78 is 37.1. The summed E-state index contributed by atoms with van der Waals surface area (Å²) in [5.41, 5.74) is 5.06. The molecule has 0 rings (SSSR count). The number of nitrogens with one attached hydrogen (secondary N) is 1. The summed E-state index contributed by atoms with van der Waals surface area (Å²) in [4.78, 5) is 12.3. The molecule has 0 saturated heterocycles. The van der Waals surface area contributed by atoms with Gasteiger partial charge in [-0.3, -0.25) is 4.79 Å². The summed E-state index contributed by atoms with van der Waals surface area (Å²) in [6.45, 7) is -0.336. The first kappa shape index (κ1) is 15.2. The van der Waals surface area contributed by atoms with Crippen LogP contribution in [0.3, 0.4) is 0 Å². The first-order valence-electron chi connectivity index (χ1n) is 4.97. The van der Waals surface area contributed by atoms with Crippen LogP contribution in [0.4, 0.5) is 13.2 Å². The van der Waals surface area contributed by atoms with Crippen LogP contribution in [0.2, 0.25) is 0 Å². The number of rotatable bonds is 6. The van der Waals surface area contributed by atoms with Crippen LogP contribution in [-0.2, 0) is 4.79 Å². The van der Waals surface area contributed by atoms with Gasteiger partial charge in [0, 0.05) is 33.1 Å². The van der Waals surface area contributed by atoms with Gasteiger partial charge in [0.2, 0.25) is 5.91 Å². The van der Waals surface area contributed by atoms with Crippen molar-refractivity contribution in [1.29, 1.82) is 0 Å². The lowest BCUT2D eigenvalue weighted by Crippen LogP contribution is -2.40. The smallest absolute Gasteiger partial charge is 0.359 e. The number of nitrogens with zero attached hydrogens (tertiary/aromatic N) is 1. The van der Waals surface area contributed by atoms with Crippen LogP contribution in [-0.4, -0.2) is 50.7 Å². The molecule has 16 heavy (non-hydrogen) atoms. The van der Waals surface area contributed by atoms with Crippen LogP contribution in [0.5, 0.6) is 0 Å². The molecular weight excluding hydrogens is 223 g/mol. The Labute approximate surface area is 93.0 Å². The first-order chi connectivity index (χ1) is 7.31. The Hall–Kier alpha value is -0.820. The fourth-order valence-corrected chi connectivity index (χ4v) is 1.20. The molecule has 1 unspecified atom stereocenters. The molecule has 3 N–H and O–H groups in total. The van der Waals surface area contributed by atoms with Gasteiger partial charge in [-0.2, -0.15) is 13.2 Å². The van der Waals surface area contributed by atoms with E-state index in [0.29, 0.717) is 0 Å². The molecule has 0 spiro atoms. The lowest BCUT2D eigenvalue weighted by atomic mass is 10.1. The van der Waals surface area contributed by atoms with Crippen molar-refractivity contribution >= 4 is 5.91 Å². The van der Waals surface area contributed by atoms with Crippen molar-refractivity contribution in [3.63, 3.8) is 0 Å². The Morgan fingerprint density at radius 3 is 2.44 bits per heavy atom. The predicted molar refractivity (Wildman–Crippen MR) is 54.8 cm³/mol. The number of carbonyl (C=O) groups excluding carboxylic acids is 1. The molecule has 0 saturated carbocycles. The van der Waals surface area contributed by atoms with E-state index in [4.69, 9.17) is 5.73 Å². The van der Waals surface area contributed by atoms with Gasteiger partial charge in [0.1, 0.15) is 0 Å². The van der Waals surface area contributed by atoms with Gasteiger partial charge in [0.25, 0.3) is 0 Å². The van der Waals surface area contributed by atoms with Crippen LogP contribution >= 0.6 is 0 Å². The second-order valence-electron chi connectivity index (χ2n) is 3.66. The summed E-state index contributed by atoms with van der Waals surface area (Å²) in [5.74, 6) is -1.73. The van der Waals surface area contributed by atoms with Gasteiger partial charge in [-0.15, -0.1) is 0 Å². The zero-order chi connectivity index (χ0) is 12.8. The first-order valence-corrected chi connectivity index (χ1v) is 4.97. The Kier molecular flexibility index (Phi) is 6.35. The summed E-state index contributed by atoms with van der Waals surface area (Å²) in [5, 5.41) is 2.41. The third kappa shape index (κ3) is 5.92. The molecule has 1 amide bonds. The van der Waals surface area contributed by atoms with E-state index in [1.54, 1.807) is 0 Å². The third-order valence-electron chi connectivity index (χ3n) is 2.28. The van der Waals surface area contributed by atoms with Crippen LogP contribution < -0.4 is 11.1 Å². The number of nitrogens with two attached hydrogens (primary N) is 1. The molecule has 0 aliphatic heterocycles. The molecule has 0 bridgehead atoms. The van der Waals surface area contributed by atoms with Gasteiger partial charge in [0.05, 0.1) is 5.92 Å². The molecule has 0 heterocycles. The molecule has 0 aliphatic rings. The van der Waals surface area contributed by atoms with Gasteiger partial charge in [0.15, 0.2) is 0 Å². The lowest BCUT2D eigenvalue weighted by molar-refractivity contribution is -0.175. The Morgan fingerprint density at radius 1 is 1.50 bits per heavy atom. The highest BCUT2D eigenvalue weighted by Crippen LogP contribution is 2.25. The number of hydrogen-bond donors (Lipinski definition) is 2. The number of carbonyl (C=O) groups is 1. The van der Waals surface area contributed by atoms with Crippen molar-refractivity contribution in [3.05, 3.63) is 0 Å². The highest BCUT2D eigenvalue weighted by Gasteiger charge is 2.38. The van der Waals surface area contributed by atoms with Gasteiger partial charge < -0.3 is 16.0 Å². The zero-order valence-corrected chi connectivity index (χ0v) is 9.47. The number of alkyl halides is 3. The summed E-state index contributed by atoms with van der Waals surface area (Å²) in [6, 6.07) is 0. The molecular formula is C9H18F3N3O. The Bertz CT molecular complexity index is 221. The van der Waals surface area contributed by atoms with Crippen molar-refractivity contribution in [1.82, 2.24) is 10.2 Å². The molecule has 4 nitrogen and oxygen atoms in total. The van der Waals surface area contributed by atoms with E-state index in [0.717, 1.165) is 0 Å². The van der Waals surface area contributed by atoms with Crippen molar-refractivity contribution in [2.45, 2.75) is 12.6 Å². The minimum absolute atomic E-state index is 0.183. The number of hydrogen-bond acceptors (Lipinski definition) is 3. The molecule has 0 aromatic carbocycles. The standard InChI is InChI=1S/C9H18F3N3O/c1-14-8(16)3-4-15(2)6-7(5-13)9(10,11)12/h7H,3-6,13H2,1-2H3,(H,14,16). The minimum atomic E-state index is -4.28. The largest absolute Gasteiger partial charge is 0.394 e. The van der Waals surface area contributed by atoms with Crippen LogP contribution in [0, 0.1) is 5.92 Å². The van der Waals surface area contributed by atoms with Crippen LogP contribution in [0.25, 0.3) is 0 Å². The fourth-order valence-electron chi connectivity index (χ4n) is 1.20. The normalized spacial score (nSPS) is 13.9. The Balaban J connectivity index is 4.02. The lowest BCUT2D eigenvalue weighted by Gasteiger charge is -2.24. The van der Waals surface area contributed by atoms with Gasteiger partial charge in [-0.05, 0) is 7.05 Å². The SMILES string of the molecule is CNC(=O)CCN(C)CC(CN)C(F)(F)F. The summed E-state index contributed by atoms with van der Waals surface area (Å²) in [7, 11) is 3.03. The average Bonchev–Trinajstić information content (AvgIpc) is 2.20. The van der Waals surface area contributed by atoms with Gasteiger partial charge >= 0.3 is 6.18 Å². The maximum Gasteiger partial charge on any atom is 0.394 e. The highest BCUT2D eigenvalue weighted by molar-refractivity contribution is 5.75. The van der Waals surface area contributed by atoms with Crippen molar-refractivity contribution in [3.8, 4) is 0 Å². The van der Waals surface area contributed by atoms with Crippen LogP contribution in [0.15, 0.2) is 0 Å². The van der Waals surface area contributed by atoms with E-state index < -0.39 is 18.6 Å². The van der Waals surface area contributed by atoms with E-state index in [-0.39, 0.29) is 25.4 Å². The number of halogens is 3. The third-order valence-corrected chi connectivity index (χ3v) is 2.28. The maximum atomic E-state index is 12.4. The van der Waals surface area contributed by atoms with E-state index in [9.17, 15) is 18.0 Å². The second-order valence-corrected chi connectivity index (χ2v) is 3.66. The quantitative estimate of drug-likeness (QED) is 0.698. The van der Waals surface area contributed by atoms with E-state index in [1.165, 1.54) is 19.0 Å². The average molecular weight is 241 g/mol. The minimum Gasteiger partial charge on any atom is -0.359 e. The monoisotopic (exact) mass is 241 g/mol. The number of amides is 1. The van der Waals surface area contributed by atoms with Crippen molar-refractivity contribution in [2.24, 2.45) is 11.7 Å². The van der Waals surface area contributed by atoms with Crippen molar-refractivity contribution in [2.75, 3.05) is 33.7 Å². The molecule has 0 fully saturated rings. The molecule has 0 radical (unpaired) electrons. The van der Waals surface area contributed by atoms with Gasteiger partial charge in [-0.1, -0.05) is 0 Å². The molecule has 0 aromatic rings. The fraction of sp³-hybridized carbons (Fsp3) is 0.889. The van der Waals surface area contributed by atoms with Crippen molar-refractivity contribution < 1.29 is 18.0 Å². The van der Waals surface area contributed by atoms with Gasteiger partial charge in [-0.25, -0.2) is 0 Å². The van der Waals surface area contributed by atoms with E-state index >= 15 is 0 Å². The maximum absolute atomic E-state index is 12.4. The summed E-state index contributed by atoms with van der Waals surface area (Å²) in [6.07, 6.45) is -4.10. The summed E-state index contributed by atoms with van der Waals surface area (Å²) >= 11 is 0. The topological polar surface area (TPSA) is 58.4 Å². The molecule has 0 aliphatic carbocycles. The molecule has 1 atom stereocenters. The van der Waals surface area contributed by atoms with E-state index in [1.807, 2.05) is 0 Å². The molecule has 96 valence electrons. The zero-order valence-electron chi connectivity index (χ0n) is 9.47. The molecule has 7 heteroatoms. The molecule has 0 aromatic heterocycles. The van der Waals surface area contributed by atoms with Crippen LogP contribution in [0.1, 0.15) is 6.42 Å². The Morgan fingerprint density at radius 2 is 2.06 bits per heavy atom.